The van der Waals surface area contributed by atoms with E-state index in [1.54, 1.807) is 42.5 Å². The average molecular weight is 910 g/mol. The fraction of sp³-hybridized carbons (Fsp3) is 0.365. The highest BCUT2D eigenvalue weighted by atomic mass is 32.2. The summed E-state index contributed by atoms with van der Waals surface area (Å²) in [5.74, 6) is -0.157. The number of aromatic nitrogens is 2. The number of Topliss-reactive ketones (excluding diaryl/α,β-unsaturated/α-hetero) is 2. The summed E-state index contributed by atoms with van der Waals surface area (Å²) >= 11 is 3.82. The Balaban J connectivity index is 0.837. The molecule has 65 heavy (non-hydrogen) atoms. The molecule has 0 saturated carbocycles. The zero-order valence-electron chi connectivity index (χ0n) is 36.7. The molecule has 3 aliphatic rings. The van der Waals surface area contributed by atoms with Gasteiger partial charge in [0.2, 0.25) is 0 Å². The van der Waals surface area contributed by atoms with E-state index >= 15 is 0 Å². The largest absolute Gasteiger partial charge is 0.480 e. The summed E-state index contributed by atoms with van der Waals surface area (Å²) in [7, 11) is 0. The van der Waals surface area contributed by atoms with Gasteiger partial charge >= 0.3 is 5.97 Å². The van der Waals surface area contributed by atoms with Crippen LogP contribution in [0.2, 0.25) is 0 Å². The quantitative estimate of drug-likeness (QED) is 0.0391. The number of para-hydroxylation sites is 2. The molecule has 13 heteroatoms. The van der Waals surface area contributed by atoms with Gasteiger partial charge in [0.15, 0.2) is 11.6 Å². The number of hydrogen-bond acceptors (Lipinski definition) is 9. The fourth-order valence-electron chi connectivity index (χ4n) is 10.1. The number of rotatable bonds is 19. The average Bonchev–Trinajstić information content (AvgIpc) is 4.14. The number of amides is 2. The predicted molar refractivity (Wildman–Crippen MR) is 260 cm³/mol. The number of nitrogens with zero attached hydrogens (tertiary/aromatic N) is 1. The van der Waals surface area contributed by atoms with E-state index in [1.807, 2.05) is 29.6 Å². The number of imide groups is 1. The number of nitrogens with one attached hydrogen (secondary N) is 4. The summed E-state index contributed by atoms with van der Waals surface area (Å²) in [4.78, 5) is 72.4. The number of ketones is 2. The summed E-state index contributed by atoms with van der Waals surface area (Å²) in [6, 6.07) is 30.0. The minimum Gasteiger partial charge on any atom is -0.480 e. The molecule has 0 spiro atoms. The second-order valence-corrected chi connectivity index (χ2v) is 20.4. The highest BCUT2D eigenvalue weighted by molar-refractivity contribution is 8.00. The number of carboxylic acids is 1. The van der Waals surface area contributed by atoms with E-state index in [-0.39, 0.29) is 46.4 Å². The van der Waals surface area contributed by atoms with Crippen LogP contribution in [0.4, 0.5) is 0 Å². The van der Waals surface area contributed by atoms with Crippen LogP contribution in [0.5, 0.6) is 0 Å². The van der Waals surface area contributed by atoms with Crippen molar-refractivity contribution in [2.24, 2.45) is 5.92 Å². The maximum atomic E-state index is 13.1. The maximum Gasteiger partial charge on any atom is 0.326 e. The van der Waals surface area contributed by atoms with Gasteiger partial charge in [-0.2, -0.15) is 0 Å². The van der Waals surface area contributed by atoms with Gasteiger partial charge in [0.25, 0.3) is 11.8 Å². The Morgan fingerprint density at radius 2 is 1.15 bits per heavy atom. The first-order chi connectivity index (χ1) is 31.5. The van der Waals surface area contributed by atoms with Gasteiger partial charge in [0.05, 0.1) is 33.3 Å². The van der Waals surface area contributed by atoms with Gasteiger partial charge in [-0.1, -0.05) is 92.6 Å². The second-order valence-electron chi connectivity index (χ2n) is 17.9. The van der Waals surface area contributed by atoms with Gasteiger partial charge < -0.3 is 25.7 Å². The molecule has 2 amide bonds. The summed E-state index contributed by atoms with van der Waals surface area (Å²) in [6.45, 7) is 3.64. The number of H-pyrrole nitrogens is 2. The van der Waals surface area contributed by atoms with Crippen molar-refractivity contribution in [2.45, 2.75) is 101 Å². The number of thioether (sulfide) groups is 2. The minimum absolute atomic E-state index is 0.0381. The topological polar surface area (TPSA) is 164 Å². The van der Waals surface area contributed by atoms with Crippen molar-refractivity contribution in [1.29, 1.82) is 0 Å². The molecule has 0 aliphatic carbocycles. The molecule has 0 bridgehead atoms. The normalized spacial score (nSPS) is 20.5. The molecule has 3 aliphatic heterocycles. The van der Waals surface area contributed by atoms with Gasteiger partial charge in [-0.25, -0.2) is 4.79 Å². The molecule has 6 atom stereocenters. The van der Waals surface area contributed by atoms with Crippen molar-refractivity contribution in [3.05, 3.63) is 130 Å². The number of benzene rings is 4. The van der Waals surface area contributed by atoms with Crippen molar-refractivity contribution in [3.63, 3.8) is 0 Å². The Kier molecular flexibility index (Phi) is 13.5. The molecule has 5 heterocycles. The van der Waals surface area contributed by atoms with Crippen LogP contribution < -0.4 is 10.6 Å². The molecular formula is C52H55N5O6S2. The van der Waals surface area contributed by atoms with Gasteiger partial charge in [0, 0.05) is 62.9 Å². The fourth-order valence-corrected chi connectivity index (χ4v) is 12.7. The molecule has 2 saturated heterocycles. The molecule has 11 nitrogen and oxygen atoms in total. The first kappa shape index (κ1) is 44.7. The molecule has 9 rings (SSSR count). The van der Waals surface area contributed by atoms with Gasteiger partial charge in [-0.15, -0.1) is 23.5 Å². The highest BCUT2D eigenvalue weighted by Gasteiger charge is 2.42. The molecule has 2 fully saturated rings. The zero-order chi connectivity index (χ0) is 45.2. The van der Waals surface area contributed by atoms with Crippen molar-refractivity contribution < 1.29 is 29.1 Å². The van der Waals surface area contributed by atoms with Gasteiger partial charge in [0.1, 0.15) is 6.04 Å². The summed E-state index contributed by atoms with van der Waals surface area (Å²) < 4.78 is 0. The highest BCUT2D eigenvalue weighted by Crippen LogP contribution is 2.39. The molecule has 1 unspecified atom stereocenters. The van der Waals surface area contributed by atoms with Crippen LogP contribution >= 0.6 is 23.5 Å². The molecule has 4 aromatic carbocycles. The molecular weight excluding hydrogens is 855 g/mol. The van der Waals surface area contributed by atoms with E-state index in [4.69, 9.17) is 0 Å². The van der Waals surface area contributed by atoms with Gasteiger partial charge in [-0.05, 0) is 86.8 Å². The van der Waals surface area contributed by atoms with E-state index in [9.17, 15) is 29.1 Å². The molecule has 336 valence electrons. The maximum absolute atomic E-state index is 13.1. The summed E-state index contributed by atoms with van der Waals surface area (Å²) in [5.41, 5.74) is 8.52. The van der Waals surface area contributed by atoms with E-state index in [0.717, 1.165) is 70.9 Å². The number of hydrogen-bond donors (Lipinski definition) is 5. The SMILES string of the molecule is CC(=O)c1ccccc1C(=O)C[C@H](C)CCC[C@@H]1N[C@H](Cc2c(-c3[nH]c4ccccc4c3C[C@@H]3CS[C@H](CCCC(C(=O)O)N4C(=O)c5ccccc5C4=O)N3)[nH]c3ccccc23)CS1. The van der Waals surface area contributed by atoms with Crippen LogP contribution in [0.3, 0.4) is 0 Å². The van der Waals surface area contributed by atoms with E-state index in [0.29, 0.717) is 41.8 Å². The third kappa shape index (κ3) is 9.47. The van der Waals surface area contributed by atoms with Crippen LogP contribution in [-0.4, -0.2) is 89.7 Å². The summed E-state index contributed by atoms with van der Waals surface area (Å²) in [5, 5.41) is 20.8. The van der Waals surface area contributed by atoms with Crippen LogP contribution in [0.25, 0.3) is 33.2 Å². The molecule has 6 aromatic rings. The van der Waals surface area contributed by atoms with E-state index < -0.39 is 23.8 Å². The van der Waals surface area contributed by atoms with E-state index in [1.165, 1.54) is 28.8 Å². The number of carbonyl (C=O) groups is 5. The Morgan fingerprint density at radius 3 is 1.68 bits per heavy atom. The van der Waals surface area contributed by atoms with Crippen LogP contribution in [0.15, 0.2) is 97.1 Å². The smallest absolute Gasteiger partial charge is 0.326 e. The lowest BCUT2D eigenvalue weighted by molar-refractivity contribution is -0.141. The van der Waals surface area contributed by atoms with E-state index in [2.05, 4.69) is 76.1 Å². The minimum atomic E-state index is -1.21. The van der Waals surface area contributed by atoms with Gasteiger partial charge in [-0.3, -0.25) is 24.1 Å². The van der Waals surface area contributed by atoms with Crippen molar-refractivity contribution >= 4 is 74.7 Å². The lowest BCUT2D eigenvalue weighted by Crippen LogP contribution is -2.45. The van der Waals surface area contributed by atoms with Crippen molar-refractivity contribution in [2.75, 3.05) is 11.5 Å². The summed E-state index contributed by atoms with van der Waals surface area (Å²) in [6.07, 6.45) is 6.55. The number of carbonyl (C=O) groups excluding carboxylic acids is 4. The second kappa shape index (κ2) is 19.6. The van der Waals surface area contributed by atoms with Crippen molar-refractivity contribution in [3.8, 4) is 11.4 Å². The Labute approximate surface area is 387 Å². The first-order valence-corrected chi connectivity index (χ1v) is 24.9. The zero-order valence-corrected chi connectivity index (χ0v) is 38.4. The Bertz CT molecular complexity index is 2750. The third-order valence-electron chi connectivity index (χ3n) is 13.3. The monoisotopic (exact) mass is 909 g/mol. The predicted octanol–water partition coefficient (Wildman–Crippen LogP) is 9.67. The number of aromatic amines is 2. The first-order valence-electron chi connectivity index (χ1n) is 22.8. The van der Waals surface area contributed by atoms with Crippen LogP contribution in [-0.2, 0) is 17.6 Å². The van der Waals surface area contributed by atoms with Crippen LogP contribution in [0, 0.1) is 5.92 Å². The third-order valence-corrected chi connectivity index (χ3v) is 16.0. The Morgan fingerprint density at radius 1 is 0.677 bits per heavy atom. The lowest BCUT2D eigenvalue weighted by atomic mass is 9.92. The molecule has 0 radical (unpaired) electrons. The number of carboxylic acid groups (broad SMARTS) is 1. The van der Waals surface area contributed by atoms with Crippen LogP contribution in [0.1, 0.15) is 111 Å². The molecule has 2 aromatic heterocycles. The molecule has 5 N–H and O–H groups in total. The Hall–Kier alpha value is -5.47. The van der Waals surface area contributed by atoms with Crippen molar-refractivity contribution in [1.82, 2.24) is 25.5 Å². The number of fused-ring (bicyclic) bond motifs is 3. The number of aliphatic carboxylic acids is 1. The lowest BCUT2D eigenvalue weighted by Gasteiger charge is -2.23. The standard InChI is InChI=1S/C52H55N5O6S2/c1-30(25-45(59)37-17-4-3-14-34(37)31(2)58)13-11-23-46-53-32(28-64-46)26-40-35-15-7-9-20-42(35)55-48(40)49-41(36-16-8-10-21-43(36)56-49)27-33-29-65-47(54-33)24-12-22-44(52(62)63)57-50(60)38-18-5-6-19-39(38)51(57)61/h3-10,14-21,30,32-33,44,46-47,53-56H,11-13,22-29H2,1-2H3,(H,62,63)/t30-,32-,33-,44?,46-,47-/m1/s1.